The van der Waals surface area contributed by atoms with E-state index in [-0.39, 0.29) is 0 Å². The van der Waals surface area contributed by atoms with E-state index in [0.717, 1.165) is 55.5 Å². The molecule has 0 fully saturated rings. The van der Waals surface area contributed by atoms with Gasteiger partial charge in [-0.3, -0.25) is 0 Å². The third-order valence-corrected chi connectivity index (χ3v) is 7.55. The number of hydrogen-bond donors (Lipinski definition) is 0. The minimum Gasteiger partial charge on any atom is -0.228 e. The second-order valence-electron chi connectivity index (χ2n) is 10.0. The van der Waals surface area contributed by atoms with Crippen LogP contribution in [0.15, 0.2) is 152 Å². The number of nitrogens with zero attached hydrogens (tertiary/aromatic N) is 2. The van der Waals surface area contributed by atoms with Gasteiger partial charge in [0, 0.05) is 21.7 Å². The third-order valence-electron chi connectivity index (χ3n) is 7.32. The molecule has 0 bridgehead atoms. The second kappa shape index (κ2) is 10.8. The van der Waals surface area contributed by atoms with Crippen LogP contribution in [-0.2, 0) is 0 Å². The summed E-state index contributed by atoms with van der Waals surface area (Å²) < 4.78 is 0. The lowest BCUT2D eigenvalue weighted by Gasteiger charge is -2.14. The zero-order valence-corrected chi connectivity index (χ0v) is 23.0. The van der Waals surface area contributed by atoms with Gasteiger partial charge in [0.05, 0.1) is 11.4 Å². The third kappa shape index (κ3) is 5.14. The summed E-state index contributed by atoms with van der Waals surface area (Å²) in [4.78, 5) is 10.2. The largest absolute Gasteiger partial charge is 0.228 e. The van der Waals surface area contributed by atoms with Gasteiger partial charge in [0.2, 0.25) is 0 Å². The molecule has 41 heavy (non-hydrogen) atoms. The molecule has 0 saturated heterocycles. The number of rotatable bonds is 5. The molecule has 1 aromatic heterocycles. The molecule has 0 aliphatic rings. The van der Waals surface area contributed by atoms with Crippen LogP contribution in [0.2, 0.25) is 5.02 Å². The number of hydrogen-bond acceptors (Lipinski definition) is 2. The lowest BCUT2D eigenvalue weighted by Crippen LogP contribution is -1.97. The highest BCUT2D eigenvalue weighted by Gasteiger charge is 2.15. The van der Waals surface area contributed by atoms with Crippen LogP contribution in [0.3, 0.4) is 0 Å². The Morgan fingerprint density at radius 3 is 1.78 bits per heavy atom. The SMILES string of the molecule is Clc1cccc(-c2cc(-c3cc(-c4cccc(-c5ccccc5)c4)nc(-c4ccccc4)n3)c3ccccc3c2)c1. The number of fused-ring (bicyclic) bond motifs is 1. The summed E-state index contributed by atoms with van der Waals surface area (Å²) in [6, 6.07) is 52.2. The molecule has 6 aromatic carbocycles. The van der Waals surface area contributed by atoms with E-state index in [2.05, 4.69) is 109 Å². The molecule has 0 saturated carbocycles. The first-order valence-corrected chi connectivity index (χ1v) is 14.0. The van der Waals surface area contributed by atoms with Gasteiger partial charge in [-0.15, -0.1) is 0 Å². The maximum atomic E-state index is 6.38. The monoisotopic (exact) mass is 544 g/mol. The van der Waals surface area contributed by atoms with Crippen LogP contribution >= 0.6 is 11.6 Å². The van der Waals surface area contributed by atoms with E-state index in [4.69, 9.17) is 21.6 Å². The summed E-state index contributed by atoms with van der Waals surface area (Å²) >= 11 is 6.38. The maximum absolute atomic E-state index is 6.38. The van der Waals surface area contributed by atoms with E-state index in [9.17, 15) is 0 Å². The maximum Gasteiger partial charge on any atom is 0.160 e. The Morgan fingerprint density at radius 1 is 0.390 bits per heavy atom. The molecule has 0 N–H and O–H groups in total. The Morgan fingerprint density at radius 2 is 1.00 bits per heavy atom. The average Bonchev–Trinajstić information content (AvgIpc) is 3.05. The lowest BCUT2D eigenvalue weighted by molar-refractivity contribution is 1.18. The van der Waals surface area contributed by atoms with Crippen molar-refractivity contribution in [2.45, 2.75) is 0 Å². The molecule has 0 aliphatic carbocycles. The molecule has 1 heterocycles. The Kier molecular flexibility index (Phi) is 6.60. The van der Waals surface area contributed by atoms with E-state index < -0.39 is 0 Å². The van der Waals surface area contributed by atoms with Gasteiger partial charge >= 0.3 is 0 Å². The van der Waals surface area contributed by atoms with Gasteiger partial charge in [-0.2, -0.15) is 0 Å². The Labute approximate surface area is 244 Å². The molecule has 0 radical (unpaired) electrons. The fraction of sp³-hybridized carbons (Fsp3) is 0. The molecule has 7 aromatic rings. The summed E-state index contributed by atoms with van der Waals surface area (Å²) in [6.45, 7) is 0. The highest BCUT2D eigenvalue weighted by Crippen LogP contribution is 2.36. The van der Waals surface area contributed by atoms with Crippen molar-refractivity contribution < 1.29 is 0 Å². The molecule has 2 nitrogen and oxygen atoms in total. The molecule has 0 unspecified atom stereocenters. The molecular weight excluding hydrogens is 520 g/mol. The standard InChI is InChI=1S/C38H25ClN2/c39-33-19-10-17-29(23-33)32-22-30-15-7-8-20-34(30)35(24-32)37-25-36(40-38(41-37)27-13-5-2-6-14-27)31-18-9-16-28(21-31)26-11-3-1-4-12-26/h1-25H. The van der Waals surface area contributed by atoms with Crippen molar-refractivity contribution in [3.8, 4) is 56.2 Å². The van der Waals surface area contributed by atoms with Crippen LogP contribution in [0.5, 0.6) is 0 Å². The lowest BCUT2D eigenvalue weighted by atomic mass is 9.94. The minimum atomic E-state index is 0.695. The fourth-order valence-corrected chi connectivity index (χ4v) is 5.49. The van der Waals surface area contributed by atoms with Crippen LogP contribution in [0.1, 0.15) is 0 Å². The van der Waals surface area contributed by atoms with Crippen molar-refractivity contribution in [2.75, 3.05) is 0 Å². The van der Waals surface area contributed by atoms with Crippen LogP contribution < -0.4 is 0 Å². The van der Waals surface area contributed by atoms with Crippen molar-refractivity contribution in [1.29, 1.82) is 0 Å². The van der Waals surface area contributed by atoms with Gasteiger partial charge in [0.15, 0.2) is 5.82 Å². The van der Waals surface area contributed by atoms with Crippen molar-refractivity contribution in [2.24, 2.45) is 0 Å². The van der Waals surface area contributed by atoms with E-state index in [1.165, 1.54) is 5.56 Å². The summed E-state index contributed by atoms with van der Waals surface area (Å²) in [5.74, 6) is 0.695. The first-order valence-electron chi connectivity index (χ1n) is 13.6. The molecule has 0 amide bonds. The smallest absolute Gasteiger partial charge is 0.160 e. The van der Waals surface area contributed by atoms with E-state index in [0.29, 0.717) is 10.8 Å². The van der Waals surface area contributed by atoms with Crippen molar-refractivity contribution in [3.05, 3.63) is 157 Å². The van der Waals surface area contributed by atoms with Crippen LogP contribution in [0.4, 0.5) is 0 Å². The first-order chi connectivity index (χ1) is 20.2. The molecule has 0 atom stereocenters. The predicted molar refractivity (Wildman–Crippen MR) is 172 cm³/mol. The van der Waals surface area contributed by atoms with Gasteiger partial charge in [-0.05, 0) is 69.4 Å². The van der Waals surface area contributed by atoms with E-state index in [1.807, 2.05) is 42.5 Å². The molecular formula is C38H25ClN2. The van der Waals surface area contributed by atoms with Crippen LogP contribution in [-0.4, -0.2) is 9.97 Å². The summed E-state index contributed by atoms with van der Waals surface area (Å²) in [5, 5.41) is 3.00. The van der Waals surface area contributed by atoms with Gasteiger partial charge in [0.25, 0.3) is 0 Å². The van der Waals surface area contributed by atoms with Crippen molar-refractivity contribution in [1.82, 2.24) is 9.97 Å². The van der Waals surface area contributed by atoms with Crippen molar-refractivity contribution >= 4 is 22.4 Å². The zero-order chi connectivity index (χ0) is 27.6. The second-order valence-corrected chi connectivity index (χ2v) is 10.5. The molecule has 3 heteroatoms. The minimum absolute atomic E-state index is 0.695. The van der Waals surface area contributed by atoms with Crippen molar-refractivity contribution in [3.63, 3.8) is 0 Å². The number of halogens is 1. The highest BCUT2D eigenvalue weighted by molar-refractivity contribution is 6.30. The Balaban J connectivity index is 1.46. The van der Waals surface area contributed by atoms with Gasteiger partial charge in [0.1, 0.15) is 0 Å². The summed E-state index contributed by atoms with van der Waals surface area (Å²) in [5.41, 5.74) is 9.31. The van der Waals surface area contributed by atoms with Crippen LogP contribution in [0.25, 0.3) is 66.9 Å². The topological polar surface area (TPSA) is 25.8 Å². The van der Waals surface area contributed by atoms with Gasteiger partial charge < -0.3 is 0 Å². The molecule has 0 aliphatic heterocycles. The highest BCUT2D eigenvalue weighted by atomic mass is 35.5. The summed E-state index contributed by atoms with van der Waals surface area (Å²) in [7, 11) is 0. The zero-order valence-electron chi connectivity index (χ0n) is 22.2. The van der Waals surface area contributed by atoms with Gasteiger partial charge in [-0.25, -0.2) is 9.97 Å². The summed E-state index contributed by atoms with van der Waals surface area (Å²) in [6.07, 6.45) is 0. The van der Waals surface area contributed by atoms with E-state index in [1.54, 1.807) is 0 Å². The molecule has 194 valence electrons. The molecule has 7 rings (SSSR count). The number of benzene rings is 6. The first kappa shape index (κ1) is 25.0. The Hall–Kier alpha value is -5.05. The fourth-order valence-electron chi connectivity index (χ4n) is 5.30. The number of aromatic nitrogens is 2. The quantitative estimate of drug-likeness (QED) is 0.215. The predicted octanol–water partition coefficient (Wildman–Crippen LogP) is 10.6. The Bertz CT molecular complexity index is 2000. The normalized spacial score (nSPS) is 11.0. The van der Waals surface area contributed by atoms with E-state index >= 15 is 0 Å². The van der Waals surface area contributed by atoms with Crippen LogP contribution in [0, 0.1) is 0 Å². The molecule has 0 spiro atoms. The van der Waals surface area contributed by atoms with Gasteiger partial charge in [-0.1, -0.05) is 127 Å². The average molecular weight is 545 g/mol.